The first-order valence-corrected chi connectivity index (χ1v) is 15.7. The normalized spacial score (nSPS) is 22.2. The van der Waals surface area contributed by atoms with E-state index in [1.165, 1.54) is 23.5 Å². The van der Waals surface area contributed by atoms with Crippen LogP contribution < -0.4 is 14.5 Å². The summed E-state index contributed by atoms with van der Waals surface area (Å²) in [7, 11) is 0. The van der Waals surface area contributed by atoms with Crippen molar-refractivity contribution in [2.24, 2.45) is 0 Å². The molecule has 1 N–H and O–H groups in total. The van der Waals surface area contributed by atoms with Crippen molar-refractivity contribution in [1.82, 2.24) is 24.7 Å². The first-order valence-electron chi connectivity index (χ1n) is 15.7. The number of pyridine rings is 1. The molecule has 0 aliphatic carbocycles. The van der Waals surface area contributed by atoms with Crippen LogP contribution in [0.1, 0.15) is 25.7 Å². The van der Waals surface area contributed by atoms with Gasteiger partial charge in [-0.25, -0.2) is 24.4 Å². The Morgan fingerprint density at radius 1 is 1.12 bits per heavy atom. The van der Waals surface area contributed by atoms with Gasteiger partial charge in [0.25, 0.3) is 0 Å². The predicted molar refractivity (Wildman–Crippen MR) is 165 cm³/mol. The van der Waals surface area contributed by atoms with E-state index in [1.54, 1.807) is 30.3 Å². The Balaban J connectivity index is 1.17. The molecule has 0 unspecified atom stereocenters. The standard InChI is InChI=1S/C32H28F5N7O6/c1-16-31(14-47-15-31)48-7-6-42(16)21-8-17(18-11-39-44(12-18)30(33)34)10-38-27(21)49-19-9-22(28(45)46)43(13-19)26-25-24(40-29(41-26)32(35,36)37)20-4-2-3-5-23(20)50-25/h2-5,8,10-12,16,19,22,30H,6-7,9,13-15H2,1H3,(H,45,46)/t16-,19-,22-/m0/s1. The number of hydrogen-bond donors (Lipinski definition) is 1. The molecule has 3 aliphatic rings. The highest BCUT2D eigenvalue weighted by molar-refractivity contribution is 6.06. The van der Waals surface area contributed by atoms with E-state index in [9.17, 15) is 31.9 Å². The largest absolute Gasteiger partial charge is 0.480 e. The van der Waals surface area contributed by atoms with Gasteiger partial charge in [0.15, 0.2) is 11.4 Å². The predicted octanol–water partition coefficient (Wildman–Crippen LogP) is 5.15. The quantitative estimate of drug-likeness (QED) is 0.224. The van der Waals surface area contributed by atoms with Gasteiger partial charge >= 0.3 is 18.7 Å². The lowest BCUT2D eigenvalue weighted by Crippen LogP contribution is -2.68. The van der Waals surface area contributed by atoms with Gasteiger partial charge in [-0.2, -0.15) is 27.1 Å². The molecule has 3 atom stereocenters. The van der Waals surface area contributed by atoms with Gasteiger partial charge < -0.3 is 33.5 Å². The second-order valence-electron chi connectivity index (χ2n) is 12.4. The lowest BCUT2D eigenvalue weighted by Gasteiger charge is -2.53. The number of para-hydroxylation sites is 1. The fourth-order valence-electron chi connectivity index (χ4n) is 6.80. The number of rotatable bonds is 7. The average molecular weight is 702 g/mol. The third-order valence-electron chi connectivity index (χ3n) is 9.47. The lowest BCUT2D eigenvalue weighted by atomic mass is 9.90. The minimum absolute atomic E-state index is 0.0891. The van der Waals surface area contributed by atoms with Crippen LogP contribution in [0.4, 0.5) is 33.5 Å². The van der Waals surface area contributed by atoms with Gasteiger partial charge in [0, 0.05) is 41.9 Å². The molecular weight excluding hydrogens is 673 g/mol. The van der Waals surface area contributed by atoms with E-state index < -0.39 is 42.3 Å². The van der Waals surface area contributed by atoms with Crippen LogP contribution in [0.25, 0.3) is 33.2 Å². The third kappa shape index (κ3) is 5.33. The Morgan fingerprint density at radius 3 is 2.62 bits per heavy atom. The van der Waals surface area contributed by atoms with E-state index in [0.29, 0.717) is 53.2 Å². The molecule has 50 heavy (non-hydrogen) atoms. The van der Waals surface area contributed by atoms with Crippen LogP contribution in [0.5, 0.6) is 5.88 Å². The van der Waals surface area contributed by atoms with E-state index in [-0.39, 0.29) is 47.4 Å². The third-order valence-corrected chi connectivity index (χ3v) is 9.47. The van der Waals surface area contributed by atoms with E-state index in [2.05, 4.69) is 20.1 Å². The summed E-state index contributed by atoms with van der Waals surface area (Å²) in [5.74, 6) is -2.96. The first-order chi connectivity index (χ1) is 23.9. The van der Waals surface area contributed by atoms with Gasteiger partial charge in [-0.05, 0) is 25.1 Å². The number of aliphatic carboxylic acids is 1. The zero-order chi connectivity index (χ0) is 34.9. The van der Waals surface area contributed by atoms with Gasteiger partial charge in [-0.3, -0.25) is 0 Å². The van der Waals surface area contributed by atoms with E-state index in [0.717, 1.165) is 0 Å². The molecule has 13 nitrogen and oxygen atoms in total. The maximum Gasteiger partial charge on any atom is 0.451 e. The molecule has 0 amide bonds. The highest BCUT2D eigenvalue weighted by Gasteiger charge is 2.50. The molecule has 1 aromatic carbocycles. The van der Waals surface area contributed by atoms with Gasteiger partial charge in [-0.1, -0.05) is 12.1 Å². The van der Waals surface area contributed by atoms with Crippen molar-refractivity contribution in [2.45, 2.75) is 49.9 Å². The summed E-state index contributed by atoms with van der Waals surface area (Å²) in [6.45, 7) is 0.424. The van der Waals surface area contributed by atoms with Gasteiger partial charge in [-0.15, -0.1) is 0 Å². The Bertz CT molecular complexity index is 2100. The van der Waals surface area contributed by atoms with Crippen molar-refractivity contribution in [3.05, 3.63) is 54.7 Å². The van der Waals surface area contributed by atoms with Crippen LogP contribution in [0.15, 0.2) is 53.3 Å². The Hall–Kier alpha value is -5.10. The van der Waals surface area contributed by atoms with Crippen molar-refractivity contribution >= 4 is 39.5 Å². The maximum absolute atomic E-state index is 14.1. The molecule has 0 bridgehead atoms. The zero-order valence-electron chi connectivity index (χ0n) is 26.2. The summed E-state index contributed by atoms with van der Waals surface area (Å²) in [5.41, 5.74) is 0.821. The minimum Gasteiger partial charge on any atom is -0.480 e. The van der Waals surface area contributed by atoms with Gasteiger partial charge in [0.2, 0.25) is 11.7 Å². The smallest absolute Gasteiger partial charge is 0.451 e. The average Bonchev–Trinajstić information content (AvgIpc) is 3.81. The molecule has 3 fully saturated rings. The summed E-state index contributed by atoms with van der Waals surface area (Å²) >= 11 is 0. The zero-order valence-corrected chi connectivity index (χ0v) is 26.2. The lowest BCUT2D eigenvalue weighted by molar-refractivity contribution is -0.228. The maximum atomic E-state index is 14.1. The summed E-state index contributed by atoms with van der Waals surface area (Å²) in [6.07, 6.45) is -2.03. The number of furan rings is 1. The van der Waals surface area contributed by atoms with Crippen molar-refractivity contribution in [1.29, 1.82) is 0 Å². The molecule has 7 heterocycles. The molecule has 5 aromatic rings. The number of anilines is 2. The van der Waals surface area contributed by atoms with Crippen molar-refractivity contribution in [2.75, 3.05) is 42.7 Å². The fourth-order valence-corrected chi connectivity index (χ4v) is 6.80. The van der Waals surface area contributed by atoms with Crippen LogP contribution in [0.2, 0.25) is 0 Å². The number of nitrogens with zero attached hydrogens (tertiary/aromatic N) is 7. The number of benzene rings is 1. The topological polar surface area (TPSA) is 141 Å². The van der Waals surface area contributed by atoms with Crippen LogP contribution in [-0.4, -0.2) is 92.5 Å². The molecule has 1 spiro atoms. The molecule has 18 heteroatoms. The molecule has 8 rings (SSSR count). The summed E-state index contributed by atoms with van der Waals surface area (Å²) in [5, 5.41) is 14.3. The molecule has 262 valence electrons. The van der Waals surface area contributed by atoms with E-state index >= 15 is 0 Å². The number of carbonyl (C=O) groups is 1. The highest BCUT2D eigenvalue weighted by Crippen LogP contribution is 2.42. The van der Waals surface area contributed by atoms with Crippen LogP contribution in [0.3, 0.4) is 0 Å². The van der Waals surface area contributed by atoms with Crippen molar-refractivity contribution in [3.8, 4) is 17.0 Å². The molecule has 4 aromatic heterocycles. The number of alkyl halides is 5. The van der Waals surface area contributed by atoms with E-state index in [1.807, 2.05) is 11.8 Å². The Morgan fingerprint density at radius 2 is 1.92 bits per heavy atom. The fraction of sp³-hybridized carbons (Fsp3) is 0.406. The number of carboxylic acids is 1. The number of aromatic nitrogens is 5. The molecule has 0 radical (unpaired) electrons. The summed E-state index contributed by atoms with van der Waals surface area (Å²) in [6, 6.07) is 6.56. The number of halogens is 5. The van der Waals surface area contributed by atoms with Crippen molar-refractivity contribution in [3.63, 3.8) is 0 Å². The number of morpholine rings is 1. The van der Waals surface area contributed by atoms with Crippen LogP contribution in [-0.2, 0) is 20.4 Å². The first kappa shape index (κ1) is 32.1. The number of fused-ring (bicyclic) bond motifs is 3. The number of carboxylic acid groups (broad SMARTS) is 1. The molecule has 0 saturated carbocycles. The highest BCUT2D eigenvalue weighted by atomic mass is 19.4. The number of ether oxygens (including phenoxy) is 3. The molecular formula is C32H28F5N7O6. The Kier molecular flexibility index (Phi) is 7.55. The minimum atomic E-state index is -4.93. The van der Waals surface area contributed by atoms with Gasteiger partial charge in [0.05, 0.1) is 38.6 Å². The summed E-state index contributed by atoms with van der Waals surface area (Å²) < 4.78 is 93.2. The van der Waals surface area contributed by atoms with Crippen molar-refractivity contribution < 1.29 is 50.5 Å². The molecule has 3 saturated heterocycles. The number of hydrogen-bond acceptors (Lipinski definition) is 11. The second kappa shape index (κ2) is 11.8. The SMILES string of the molecule is C[C@@H]1N(c2cc(-c3cnn(C(F)F)c3)cnc2O[C@H]2C[C@@H](C(=O)O)N(c3nc(C(F)(F)F)nc4c3oc3ccccc34)C2)CCOC12COC2. The van der Waals surface area contributed by atoms with Gasteiger partial charge in [0.1, 0.15) is 34.5 Å². The summed E-state index contributed by atoms with van der Waals surface area (Å²) in [4.78, 5) is 27.9. The second-order valence-corrected chi connectivity index (χ2v) is 12.4. The molecule has 3 aliphatic heterocycles. The van der Waals surface area contributed by atoms with Crippen LogP contribution >= 0.6 is 0 Å². The monoisotopic (exact) mass is 701 g/mol. The van der Waals surface area contributed by atoms with Crippen LogP contribution in [0, 0.1) is 0 Å². The Labute approximate surface area is 279 Å². The van der Waals surface area contributed by atoms with E-state index in [4.69, 9.17) is 18.6 Å².